The van der Waals surface area contributed by atoms with Gasteiger partial charge in [0.15, 0.2) is 5.16 Å². The first-order valence-corrected chi connectivity index (χ1v) is 11.2. The number of thiophene rings is 1. The molecule has 1 aromatic carbocycles. The molecule has 0 amide bonds. The van der Waals surface area contributed by atoms with Gasteiger partial charge in [-0.3, -0.25) is 9.36 Å². The minimum atomic E-state index is -0.270. The van der Waals surface area contributed by atoms with E-state index in [1.54, 1.807) is 34.8 Å². The molecule has 0 unspecified atom stereocenters. The van der Waals surface area contributed by atoms with Crippen LogP contribution in [0.5, 0.6) is 5.75 Å². The minimum Gasteiger partial charge on any atom is -0.497 e. The highest BCUT2D eigenvalue weighted by Crippen LogP contribution is 2.38. The summed E-state index contributed by atoms with van der Waals surface area (Å²) in [4.78, 5) is 20.5. The number of methoxy groups -OCH3 is 1. The van der Waals surface area contributed by atoms with Crippen molar-refractivity contribution in [2.24, 2.45) is 0 Å². The number of ether oxygens (including phenoxy) is 2. The Morgan fingerprint density at radius 1 is 1.32 bits per heavy atom. The van der Waals surface area contributed by atoms with Crippen LogP contribution < -0.4 is 10.3 Å². The van der Waals surface area contributed by atoms with Crippen LogP contribution in [0.4, 0.5) is 0 Å². The fraction of sp³-hybridized carbons (Fsp3) is 0.429. The summed E-state index contributed by atoms with van der Waals surface area (Å²) < 4.78 is 13.0. The van der Waals surface area contributed by atoms with Crippen molar-refractivity contribution in [1.29, 1.82) is 0 Å². The molecule has 0 fully saturated rings. The standard InChI is InChI=1S/C21H24N2O3S2/c1-5-10-27-20-22-18-17(15-11-21(2,3)26-12-16(15)28-18)19(24)23(20)13-6-8-14(25-4)9-7-13/h6-9H,5,10-12H2,1-4H3. The summed E-state index contributed by atoms with van der Waals surface area (Å²) in [6.45, 7) is 6.81. The third-order valence-electron chi connectivity index (χ3n) is 4.84. The summed E-state index contributed by atoms with van der Waals surface area (Å²) in [7, 11) is 1.64. The van der Waals surface area contributed by atoms with E-state index in [1.807, 2.05) is 24.3 Å². The fourth-order valence-corrected chi connectivity index (χ4v) is 5.43. The van der Waals surface area contributed by atoms with E-state index in [-0.39, 0.29) is 11.2 Å². The van der Waals surface area contributed by atoms with Crippen LogP contribution in [0.3, 0.4) is 0 Å². The van der Waals surface area contributed by atoms with E-state index in [0.717, 1.165) is 55.8 Å². The molecule has 1 aliphatic heterocycles. The maximum absolute atomic E-state index is 13.7. The summed E-state index contributed by atoms with van der Waals surface area (Å²) in [5.74, 6) is 1.68. The molecule has 0 bridgehead atoms. The molecule has 1 aliphatic rings. The van der Waals surface area contributed by atoms with E-state index in [1.165, 1.54) is 0 Å². The first-order chi connectivity index (χ1) is 13.4. The average molecular weight is 417 g/mol. The highest BCUT2D eigenvalue weighted by Gasteiger charge is 2.31. The van der Waals surface area contributed by atoms with Crippen molar-refractivity contribution >= 4 is 33.3 Å². The molecule has 148 valence electrons. The van der Waals surface area contributed by atoms with Crippen LogP contribution in [-0.2, 0) is 17.8 Å². The quantitative estimate of drug-likeness (QED) is 0.441. The predicted molar refractivity (Wildman–Crippen MR) is 115 cm³/mol. The van der Waals surface area contributed by atoms with Gasteiger partial charge in [-0.25, -0.2) is 4.98 Å². The Hall–Kier alpha value is -1.83. The Morgan fingerprint density at radius 2 is 2.07 bits per heavy atom. The first kappa shape index (κ1) is 19.5. The van der Waals surface area contributed by atoms with Crippen molar-refractivity contribution in [2.75, 3.05) is 12.9 Å². The van der Waals surface area contributed by atoms with E-state index < -0.39 is 0 Å². The van der Waals surface area contributed by atoms with E-state index in [2.05, 4.69) is 20.8 Å². The van der Waals surface area contributed by atoms with Crippen LogP contribution in [-0.4, -0.2) is 28.0 Å². The third kappa shape index (κ3) is 3.47. The number of benzene rings is 1. The lowest BCUT2D eigenvalue weighted by Gasteiger charge is -2.29. The monoisotopic (exact) mass is 416 g/mol. The van der Waals surface area contributed by atoms with Crippen LogP contribution in [0.15, 0.2) is 34.2 Å². The van der Waals surface area contributed by atoms with Crippen LogP contribution in [0.2, 0.25) is 0 Å². The largest absolute Gasteiger partial charge is 0.497 e. The first-order valence-electron chi connectivity index (χ1n) is 9.42. The van der Waals surface area contributed by atoms with Crippen molar-refractivity contribution in [3.8, 4) is 11.4 Å². The fourth-order valence-electron chi connectivity index (χ4n) is 3.42. The van der Waals surface area contributed by atoms with Gasteiger partial charge in [-0.15, -0.1) is 11.3 Å². The van der Waals surface area contributed by atoms with Gasteiger partial charge in [0.1, 0.15) is 10.6 Å². The minimum absolute atomic E-state index is 0.00368. The normalized spacial score (nSPS) is 15.6. The summed E-state index contributed by atoms with van der Waals surface area (Å²) >= 11 is 3.21. The van der Waals surface area contributed by atoms with Crippen molar-refractivity contribution in [2.45, 2.75) is 51.0 Å². The zero-order chi connectivity index (χ0) is 19.9. The number of hydrogen-bond acceptors (Lipinski definition) is 6. The van der Waals surface area contributed by atoms with E-state index >= 15 is 0 Å². The molecule has 28 heavy (non-hydrogen) atoms. The second kappa shape index (κ2) is 7.54. The Labute approximate surface area is 172 Å². The number of nitrogens with zero attached hydrogens (tertiary/aromatic N) is 2. The van der Waals surface area contributed by atoms with Gasteiger partial charge in [-0.1, -0.05) is 18.7 Å². The van der Waals surface area contributed by atoms with Crippen molar-refractivity contribution in [3.05, 3.63) is 45.1 Å². The van der Waals surface area contributed by atoms with Crippen LogP contribution in [0.1, 0.15) is 37.6 Å². The Kier molecular flexibility index (Phi) is 5.24. The SMILES string of the molecule is CCCSc1nc2sc3c(c2c(=O)n1-c1ccc(OC)cc1)CC(C)(C)OC3. The molecule has 0 saturated heterocycles. The second-order valence-electron chi connectivity index (χ2n) is 7.49. The Bertz CT molecular complexity index is 1070. The lowest BCUT2D eigenvalue weighted by molar-refractivity contribution is -0.0379. The van der Waals surface area contributed by atoms with Crippen molar-refractivity contribution in [1.82, 2.24) is 9.55 Å². The Morgan fingerprint density at radius 3 is 2.75 bits per heavy atom. The lowest BCUT2D eigenvalue weighted by atomic mass is 9.94. The number of thioether (sulfide) groups is 1. The summed E-state index contributed by atoms with van der Waals surface area (Å²) in [6.07, 6.45) is 1.74. The number of rotatable bonds is 5. The van der Waals surface area contributed by atoms with Gasteiger partial charge in [0.05, 0.1) is 30.4 Å². The molecule has 0 radical (unpaired) electrons. The molecular weight excluding hydrogens is 392 g/mol. The molecule has 7 heteroatoms. The number of hydrogen-bond donors (Lipinski definition) is 0. The maximum atomic E-state index is 13.7. The van der Waals surface area contributed by atoms with Gasteiger partial charge in [0, 0.05) is 17.1 Å². The van der Waals surface area contributed by atoms with Gasteiger partial charge in [0.25, 0.3) is 5.56 Å². The molecule has 5 nitrogen and oxygen atoms in total. The van der Waals surface area contributed by atoms with Gasteiger partial charge in [0.2, 0.25) is 0 Å². The maximum Gasteiger partial charge on any atom is 0.267 e. The smallest absolute Gasteiger partial charge is 0.267 e. The van der Waals surface area contributed by atoms with Gasteiger partial charge in [-0.05, 0) is 50.1 Å². The summed E-state index contributed by atoms with van der Waals surface area (Å²) in [5.41, 5.74) is 1.64. The van der Waals surface area contributed by atoms with Gasteiger partial charge in [-0.2, -0.15) is 0 Å². The second-order valence-corrected chi connectivity index (χ2v) is 9.64. The Balaban J connectivity index is 1.95. The molecule has 0 spiro atoms. The molecule has 2 aromatic heterocycles. The molecule has 4 rings (SSSR count). The molecular formula is C21H24N2O3S2. The average Bonchev–Trinajstić information content (AvgIpc) is 3.03. The molecule has 0 atom stereocenters. The molecule has 0 N–H and O–H groups in total. The molecule has 0 aliphatic carbocycles. The van der Waals surface area contributed by atoms with Gasteiger partial charge >= 0.3 is 0 Å². The lowest BCUT2D eigenvalue weighted by Crippen LogP contribution is -2.32. The van der Waals surface area contributed by atoms with E-state index in [9.17, 15) is 4.79 Å². The molecule has 3 aromatic rings. The topological polar surface area (TPSA) is 53.4 Å². The summed E-state index contributed by atoms with van der Waals surface area (Å²) in [6, 6.07) is 7.58. The van der Waals surface area contributed by atoms with Crippen LogP contribution in [0, 0.1) is 0 Å². The highest BCUT2D eigenvalue weighted by molar-refractivity contribution is 7.99. The zero-order valence-corrected chi connectivity index (χ0v) is 18.2. The highest BCUT2D eigenvalue weighted by atomic mass is 32.2. The van der Waals surface area contributed by atoms with Crippen molar-refractivity contribution in [3.63, 3.8) is 0 Å². The number of fused-ring (bicyclic) bond motifs is 3. The van der Waals surface area contributed by atoms with E-state index in [4.69, 9.17) is 14.5 Å². The molecule has 3 heterocycles. The third-order valence-corrected chi connectivity index (χ3v) is 7.08. The van der Waals surface area contributed by atoms with Crippen molar-refractivity contribution < 1.29 is 9.47 Å². The van der Waals surface area contributed by atoms with Crippen LogP contribution >= 0.6 is 23.1 Å². The van der Waals surface area contributed by atoms with E-state index in [0.29, 0.717) is 6.61 Å². The predicted octanol–water partition coefficient (Wildman–Crippen LogP) is 4.81. The van der Waals surface area contributed by atoms with Gasteiger partial charge < -0.3 is 9.47 Å². The summed E-state index contributed by atoms with van der Waals surface area (Å²) in [5, 5.41) is 1.48. The molecule has 0 saturated carbocycles. The van der Waals surface area contributed by atoms with Crippen LogP contribution in [0.25, 0.3) is 15.9 Å². The number of aromatic nitrogens is 2. The zero-order valence-electron chi connectivity index (χ0n) is 16.6.